The minimum atomic E-state index is -3.33. The van der Waals surface area contributed by atoms with Crippen molar-refractivity contribution in [3.8, 4) is 0 Å². The summed E-state index contributed by atoms with van der Waals surface area (Å²) in [6.45, 7) is 0. The van der Waals surface area contributed by atoms with Crippen LogP contribution in [0.15, 0.2) is 170 Å². The van der Waals surface area contributed by atoms with Crippen LogP contribution in [0.25, 0.3) is 0 Å². The summed E-state index contributed by atoms with van der Waals surface area (Å²) in [6, 6.07) is 48.0. The summed E-state index contributed by atoms with van der Waals surface area (Å²) < 4.78 is 61.0. The summed E-state index contributed by atoms with van der Waals surface area (Å²) in [6.07, 6.45) is 0. The first-order chi connectivity index (χ1) is 20.8. The van der Waals surface area contributed by atoms with Gasteiger partial charge in [0.2, 0.25) is 0 Å². The van der Waals surface area contributed by atoms with Gasteiger partial charge in [0, 0.05) is 43.0 Å². The maximum Gasteiger partial charge on any atom is 0.298 e. The quantitative estimate of drug-likeness (QED) is 0.174. The molecule has 0 N–H and O–H groups in total. The minimum Gasteiger partial charge on any atom is -0.309 e. The highest BCUT2D eigenvalue weighted by Gasteiger charge is 2.37. The Bertz CT molecular complexity index is 1680. The first-order valence-corrected chi connectivity index (χ1v) is 17.3. The lowest BCUT2D eigenvalue weighted by molar-refractivity contribution is 0.0429. The average molecular weight is 605 g/mol. The van der Waals surface area contributed by atoms with Crippen LogP contribution in [0.1, 0.15) is 11.1 Å². The van der Waals surface area contributed by atoms with Crippen molar-refractivity contribution in [2.75, 3.05) is 0 Å². The maximum absolute atomic E-state index is 15.9. The van der Waals surface area contributed by atoms with E-state index in [1.54, 1.807) is 48.5 Å². The van der Waals surface area contributed by atoms with Crippen molar-refractivity contribution in [3.63, 3.8) is 0 Å². The van der Waals surface area contributed by atoms with Gasteiger partial charge in [0.15, 0.2) is 14.3 Å². The molecule has 6 rings (SSSR count). The Morgan fingerprint density at radius 3 is 0.767 bits per heavy atom. The largest absolute Gasteiger partial charge is 0.309 e. The molecule has 43 heavy (non-hydrogen) atoms. The zero-order valence-electron chi connectivity index (χ0n) is 23.1. The van der Waals surface area contributed by atoms with E-state index < -0.39 is 20.2 Å². The second kappa shape index (κ2) is 11.7. The van der Waals surface area contributed by atoms with Gasteiger partial charge in [0.25, 0.3) is 5.92 Å². The lowest BCUT2D eigenvalue weighted by atomic mass is 10.0. The Labute approximate surface area is 250 Å². The van der Waals surface area contributed by atoms with Crippen LogP contribution in [-0.2, 0) is 15.1 Å². The molecule has 0 aliphatic heterocycles. The smallest absolute Gasteiger partial charge is 0.298 e. The monoisotopic (exact) mass is 604 g/mol. The van der Waals surface area contributed by atoms with Gasteiger partial charge in [-0.15, -0.1) is 0 Å². The lowest BCUT2D eigenvalue weighted by Crippen LogP contribution is -2.26. The van der Waals surface area contributed by atoms with Gasteiger partial charge in [0.05, 0.1) is 0 Å². The first kappa shape index (κ1) is 28.7. The number of hydrogen-bond donors (Lipinski definition) is 0. The van der Waals surface area contributed by atoms with Crippen LogP contribution in [0.5, 0.6) is 0 Å². The molecule has 0 saturated heterocycles. The van der Waals surface area contributed by atoms with Gasteiger partial charge in [0.1, 0.15) is 0 Å². The molecule has 6 heteroatoms. The fraction of sp³-hybridized carbons (Fsp3) is 0.0270. The summed E-state index contributed by atoms with van der Waals surface area (Å²) in [5.41, 5.74) is -0.433. The Kier molecular flexibility index (Phi) is 7.84. The van der Waals surface area contributed by atoms with E-state index in [1.165, 1.54) is 48.5 Å². The second-order valence-corrected chi connectivity index (χ2v) is 15.8. The van der Waals surface area contributed by atoms with Crippen molar-refractivity contribution < 1.29 is 17.9 Å². The summed E-state index contributed by atoms with van der Waals surface area (Å²) in [5.74, 6) is -3.33. The third-order valence-corrected chi connectivity index (χ3v) is 13.8. The molecular weight excluding hydrogens is 576 g/mol. The van der Waals surface area contributed by atoms with Gasteiger partial charge >= 0.3 is 0 Å². The van der Waals surface area contributed by atoms with Gasteiger partial charge in [-0.2, -0.15) is 8.78 Å². The fourth-order valence-corrected chi connectivity index (χ4v) is 10.7. The van der Waals surface area contributed by atoms with Crippen LogP contribution in [0.3, 0.4) is 0 Å². The number of alkyl halides is 2. The van der Waals surface area contributed by atoms with E-state index in [0.717, 1.165) is 0 Å². The summed E-state index contributed by atoms with van der Waals surface area (Å²) in [5, 5.41) is 3.50. The van der Waals surface area contributed by atoms with Crippen molar-refractivity contribution in [1.29, 1.82) is 0 Å². The molecule has 0 radical (unpaired) electrons. The topological polar surface area (TPSA) is 34.1 Å². The normalized spacial score (nSPS) is 12.1. The van der Waals surface area contributed by atoms with Crippen molar-refractivity contribution in [2.45, 2.75) is 5.92 Å². The minimum absolute atomic E-state index is 0.217. The highest BCUT2D eigenvalue weighted by Crippen LogP contribution is 2.45. The molecule has 0 saturated carbocycles. The van der Waals surface area contributed by atoms with Crippen molar-refractivity contribution in [3.05, 3.63) is 181 Å². The Balaban J connectivity index is 1.36. The SMILES string of the molecule is O=P(c1ccccc1)(c1ccccc1)c1ccc(C(F)(F)c2ccc(P(=O)(c3ccccc3)c3ccccc3)cc2)cc1. The Morgan fingerprint density at radius 2 is 0.535 bits per heavy atom. The second-order valence-electron chi connectivity index (χ2n) is 10.2. The molecule has 212 valence electrons. The van der Waals surface area contributed by atoms with E-state index in [0.29, 0.717) is 31.8 Å². The zero-order chi connectivity index (χ0) is 29.9. The lowest BCUT2D eigenvalue weighted by Gasteiger charge is -2.23. The summed E-state index contributed by atoms with van der Waals surface area (Å²) >= 11 is 0. The molecule has 6 aromatic carbocycles. The van der Waals surface area contributed by atoms with Crippen LogP contribution in [0, 0.1) is 0 Å². The molecular formula is C37H28F2O2P2. The van der Waals surface area contributed by atoms with Gasteiger partial charge < -0.3 is 9.13 Å². The first-order valence-electron chi connectivity index (χ1n) is 13.9. The highest BCUT2D eigenvalue weighted by atomic mass is 31.2. The molecule has 0 amide bonds. The predicted molar refractivity (Wildman–Crippen MR) is 175 cm³/mol. The van der Waals surface area contributed by atoms with Crippen molar-refractivity contribution in [2.24, 2.45) is 0 Å². The molecule has 0 aliphatic rings. The van der Waals surface area contributed by atoms with Crippen molar-refractivity contribution in [1.82, 2.24) is 0 Å². The molecule has 6 aromatic rings. The number of rotatable bonds is 8. The van der Waals surface area contributed by atoms with E-state index in [2.05, 4.69) is 0 Å². The third-order valence-electron chi connectivity index (χ3n) is 7.67. The molecule has 0 fully saturated rings. The number of halogens is 2. The molecule has 0 spiro atoms. The molecule has 2 nitrogen and oxygen atoms in total. The fourth-order valence-electron chi connectivity index (χ4n) is 5.37. The average Bonchev–Trinajstić information content (AvgIpc) is 3.09. The van der Waals surface area contributed by atoms with Crippen LogP contribution in [0.4, 0.5) is 8.78 Å². The van der Waals surface area contributed by atoms with E-state index in [9.17, 15) is 9.13 Å². The third kappa shape index (κ3) is 5.23. The van der Waals surface area contributed by atoms with Gasteiger partial charge in [-0.1, -0.05) is 170 Å². The highest BCUT2D eigenvalue weighted by molar-refractivity contribution is 7.85. The van der Waals surface area contributed by atoms with Crippen LogP contribution >= 0.6 is 14.3 Å². The van der Waals surface area contributed by atoms with E-state index >= 15 is 8.78 Å². The van der Waals surface area contributed by atoms with Crippen LogP contribution in [0.2, 0.25) is 0 Å². The van der Waals surface area contributed by atoms with Gasteiger partial charge in [-0.3, -0.25) is 0 Å². The molecule has 0 aromatic heterocycles. The van der Waals surface area contributed by atoms with Crippen molar-refractivity contribution >= 4 is 46.1 Å². The van der Waals surface area contributed by atoms with Gasteiger partial charge in [-0.25, -0.2) is 0 Å². The van der Waals surface area contributed by atoms with E-state index in [1.807, 2.05) is 72.8 Å². The molecule has 0 unspecified atom stereocenters. The Hall–Kier alpha value is -4.36. The molecule has 0 atom stereocenters. The zero-order valence-corrected chi connectivity index (χ0v) is 24.9. The standard InChI is InChI=1S/C37H28F2O2P2/c38-37(39,29-21-25-35(26-22-29)42(40,31-13-5-1-6-14-31)32-15-7-2-8-16-32)30-23-27-36(28-24-30)43(41,33-17-9-3-10-18-33)34-19-11-4-12-20-34/h1-28H. The predicted octanol–water partition coefficient (Wildman–Crippen LogP) is 7.11. The maximum atomic E-state index is 15.9. The van der Waals surface area contributed by atoms with Crippen LogP contribution in [-0.4, -0.2) is 0 Å². The summed E-state index contributed by atoms with van der Waals surface area (Å²) in [7, 11) is -6.56. The van der Waals surface area contributed by atoms with E-state index in [-0.39, 0.29) is 11.1 Å². The molecule has 0 heterocycles. The summed E-state index contributed by atoms with van der Waals surface area (Å²) in [4.78, 5) is 0. The number of hydrogen-bond acceptors (Lipinski definition) is 2. The number of benzene rings is 6. The molecule has 0 aliphatic carbocycles. The van der Waals surface area contributed by atoms with Crippen LogP contribution < -0.4 is 31.8 Å². The van der Waals surface area contributed by atoms with E-state index in [4.69, 9.17) is 0 Å². The van der Waals surface area contributed by atoms with Gasteiger partial charge in [-0.05, 0) is 0 Å². The Morgan fingerprint density at radius 1 is 0.326 bits per heavy atom. The molecule has 0 bridgehead atoms.